The second-order valence-corrected chi connectivity index (χ2v) is 10.1. The first-order chi connectivity index (χ1) is 15.8. The molecule has 0 saturated carbocycles. The van der Waals surface area contributed by atoms with E-state index in [1.54, 1.807) is 24.3 Å². The Balaban J connectivity index is 1.79. The van der Waals surface area contributed by atoms with Crippen molar-refractivity contribution in [1.82, 2.24) is 4.57 Å². The molecule has 10 heteroatoms. The number of thiophene rings is 1. The topological polar surface area (TPSA) is 118 Å². The Bertz CT molecular complexity index is 1270. The molecule has 0 amide bonds. The normalized spacial score (nSPS) is 16.4. The Morgan fingerprint density at radius 1 is 1.36 bits per heavy atom. The number of benzene rings is 1. The van der Waals surface area contributed by atoms with Crippen molar-refractivity contribution in [2.45, 2.75) is 31.1 Å². The van der Waals surface area contributed by atoms with E-state index in [0.29, 0.717) is 30.0 Å². The lowest BCUT2D eigenvalue weighted by Crippen LogP contribution is -2.26. The summed E-state index contributed by atoms with van der Waals surface area (Å²) in [6.07, 6.45) is 2.31. The molecule has 0 radical (unpaired) electrons. The van der Waals surface area contributed by atoms with Crippen molar-refractivity contribution in [2.24, 2.45) is 0 Å². The predicted molar refractivity (Wildman–Crippen MR) is 124 cm³/mol. The van der Waals surface area contributed by atoms with Crippen LogP contribution in [0.25, 0.3) is 11.3 Å². The number of carboxylic acid groups (broad SMARTS) is 1. The van der Waals surface area contributed by atoms with Crippen molar-refractivity contribution < 1.29 is 28.1 Å². The second kappa shape index (κ2) is 9.50. The van der Waals surface area contributed by atoms with Crippen LogP contribution in [0.2, 0.25) is 0 Å². The van der Waals surface area contributed by atoms with Crippen molar-refractivity contribution in [3.8, 4) is 22.8 Å². The molecule has 0 aliphatic carbocycles. The van der Waals surface area contributed by atoms with E-state index in [1.165, 1.54) is 19.4 Å². The van der Waals surface area contributed by atoms with Crippen LogP contribution in [0.5, 0.6) is 11.5 Å². The van der Waals surface area contributed by atoms with E-state index >= 15 is 0 Å². The summed E-state index contributed by atoms with van der Waals surface area (Å²) in [5.41, 5.74) is 1.44. The van der Waals surface area contributed by atoms with Gasteiger partial charge in [0.25, 0.3) is 0 Å². The number of hydrogen-bond acceptors (Lipinski definition) is 7. The van der Waals surface area contributed by atoms with Gasteiger partial charge in [0.15, 0.2) is 16.9 Å². The average molecular weight is 489 g/mol. The zero-order valence-electron chi connectivity index (χ0n) is 18.0. The largest absolute Gasteiger partial charge is 0.772 e. The fraction of sp³-hybridized carbons (Fsp3) is 0.304. The van der Waals surface area contributed by atoms with Crippen LogP contribution in [0.15, 0.2) is 46.7 Å². The highest BCUT2D eigenvalue weighted by atomic mass is 32.2. The summed E-state index contributed by atoms with van der Waals surface area (Å²) in [6.45, 7) is 1.82. The molecule has 33 heavy (non-hydrogen) atoms. The summed E-state index contributed by atoms with van der Waals surface area (Å²) >= 11 is -0.609. The van der Waals surface area contributed by atoms with Crippen LogP contribution in [0.4, 0.5) is 0 Å². The number of carbonyl (C=O) groups is 1. The lowest BCUT2D eigenvalue weighted by molar-refractivity contribution is 0.0694. The van der Waals surface area contributed by atoms with Crippen molar-refractivity contribution in [3.05, 3.63) is 68.1 Å². The molecule has 1 aromatic carbocycles. The van der Waals surface area contributed by atoms with Gasteiger partial charge >= 0.3 is 5.97 Å². The van der Waals surface area contributed by atoms with Crippen molar-refractivity contribution >= 4 is 28.4 Å². The van der Waals surface area contributed by atoms with Crippen molar-refractivity contribution in [2.75, 3.05) is 13.7 Å². The lowest BCUT2D eigenvalue weighted by Gasteiger charge is -2.31. The number of ether oxygens (including phenoxy) is 2. The van der Waals surface area contributed by atoms with Gasteiger partial charge < -0.3 is 23.7 Å². The van der Waals surface area contributed by atoms with Crippen LogP contribution in [0.1, 0.15) is 40.2 Å². The Hall–Kier alpha value is -2.95. The first-order valence-electron chi connectivity index (χ1n) is 10.2. The molecule has 8 nitrogen and oxygen atoms in total. The van der Waals surface area contributed by atoms with E-state index in [0.717, 1.165) is 16.0 Å². The molecular formula is C23H22NO7S2-. The van der Waals surface area contributed by atoms with E-state index in [-0.39, 0.29) is 18.2 Å². The predicted octanol–water partition coefficient (Wildman–Crippen LogP) is 3.47. The van der Waals surface area contributed by atoms with Crippen LogP contribution in [-0.2, 0) is 17.5 Å². The van der Waals surface area contributed by atoms with Crippen LogP contribution < -0.4 is 14.9 Å². The molecule has 1 aliphatic rings. The average Bonchev–Trinajstić information content (AvgIpc) is 3.32. The van der Waals surface area contributed by atoms with Gasteiger partial charge in [0, 0.05) is 28.0 Å². The third-order valence-electron chi connectivity index (χ3n) is 5.71. The Morgan fingerprint density at radius 2 is 2.15 bits per heavy atom. The number of pyridine rings is 1. The molecule has 1 aliphatic heterocycles. The fourth-order valence-corrected chi connectivity index (χ4v) is 5.04. The molecule has 3 aromatic rings. The number of carboxylic acids is 1. The fourth-order valence-electron chi connectivity index (χ4n) is 3.92. The Labute approximate surface area is 196 Å². The number of aromatic nitrogens is 1. The van der Waals surface area contributed by atoms with Gasteiger partial charge in [-0.2, -0.15) is 0 Å². The van der Waals surface area contributed by atoms with Crippen LogP contribution in [0.3, 0.4) is 0 Å². The van der Waals surface area contributed by atoms with Crippen LogP contribution in [-0.4, -0.2) is 43.4 Å². The monoisotopic (exact) mass is 488 g/mol. The Kier molecular flexibility index (Phi) is 6.68. The van der Waals surface area contributed by atoms with Gasteiger partial charge in [0.05, 0.1) is 25.5 Å². The highest BCUT2D eigenvalue weighted by Crippen LogP contribution is 2.43. The van der Waals surface area contributed by atoms with E-state index in [4.69, 9.17) is 9.47 Å². The highest BCUT2D eigenvalue weighted by Gasteiger charge is 2.29. The van der Waals surface area contributed by atoms with Crippen LogP contribution >= 0.6 is 11.3 Å². The van der Waals surface area contributed by atoms with Gasteiger partial charge in [-0.3, -0.25) is 9.00 Å². The minimum Gasteiger partial charge on any atom is -0.772 e. The standard InChI is InChI=1S/C23H23NO7S2/c1-13(33(28)29)5-6-31-21-9-14-8-18(22-4-3-7-32-22)24-12-16(23(26)27)19(25)11-17(24)15(14)10-20(21)30-2/h3-4,7,9-13,18H,5-6,8H2,1-2H3,(H,26,27)(H,28,29)/p-1. The zero-order valence-corrected chi connectivity index (χ0v) is 19.6. The number of hydrogen-bond donors (Lipinski definition) is 1. The van der Waals surface area contributed by atoms with Gasteiger partial charge in [0.1, 0.15) is 5.56 Å². The summed E-state index contributed by atoms with van der Waals surface area (Å²) in [7, 11) is 1.50. The summed E-state index contributed by atoms with van der Waals surface area (Å²) in [5, 5.41) is 10.9. The molecular weight excluding hydrogens is 466 g/mol. The SMILES string of the molecule is COc1cc2c(cc1OCCC(C)S(=O)[O-])CC(c1cccs1)n1cc(C(=O)O)c(=O)cc1-2. The van der Waals surface area contributed by atoms with E-state index in [9.17, 15) is 23.5 Å². The maximum absolute atomic E-state index is 12.5. The minimum atomic E-state index is -2.17. The van der Waals surface area contributed by atoms with Gasteiger partial charge in [-0.25, -0.2) is 4.79 Å². The van der Waals surface area contributed by atoms with Crippen molar-refractivity contribution in [1.29, 1.82) is 0 Å². The third-order valence-corrected chi connectivity index (χ3v) is 7.57. The quantitative estimate of drug-likeness (QED) is 0.483. The maximum atomic E-state index is 12.5. The molecule has 0 fully saturated rings. The van der Waals surface area contributed by atoms with E-state index < -0.39 is 27.7 Å². The Morgan fingerprint density at radius 3 is 2.79 bits per heavy atom. The summed E-state index contributed by atoms with van der Waals surface area (Å²) in [6, 6.07) is 8.71. The van der Waals surface area contributed by atoms with Gasteiger partial charge in [-0.1, -0.05) is 24.1 Å². The molecule has 2 aromatic heterocycles. The molecule has 3 atom stereocenters. The first kappa shape index (κ1) is 23.2. The molecule has 0 saturated heterocycles. The smallest absolute Gasteiger partial charge is 0.341 e. The van der Waals surface area contributed by atoms with Gasteiger partial charge in [0.2, 0.25) is 0 Å². The number of nitrogens with zero attached hydrogens (tertiary/aromatic N) is 1. The molecule has 3 unspecified atom stereocenters. The summed E-state index contributed by atoms with van der Waals surface area (Å²) < 4.78 is 35.3. The van der Waals surface area contributed by atoms with E-state index in [2.05, 4.69) is 0 Å². The van der Waals surface area contributed by atoms with Gasteiger partial charge in [-0.15, -0.1) is 11.3 Å². The zero-order chi connectivity index (χ0) is 23.7. The molecule has 3 heterocycles. The second-order valence-electron chi connectivity index (χ2n) is 7.75. The highest BCUT2D eigenvalue weighted by molar-refractivity contribution is 7.79. The third kappa shape index (κ3) is 4.59. The summed E-state index contributed by atoms with van der Waals surface area (Å²) in [5.74, 6) is -0.330. The minimum absolute atomic E-state index is 0.185. The number of aromatic carboxylic acids is 1. The lowest BCUT2D eigenvalue weighted by atomic mass is 9.91. The maximum Gasteiger partial charge on any atom is 0.341 e. The number of rotatable bonds is 8. The first-order valence-corrected chi connectivity index (χ1v) is 12.3. The number of fused-ring (bicyclic) bond motifs is 3. The van der Waals surface area contributed by atoms with Crippen LogP contribution in [0, 0.1) is 0 Å². The molecule has 1 N–H and O–H groups in total. The van der Waals surface area contributed by atoms with Gasteiger partial charge in [-0.05, 0) is 42.0 Å². The van der Waals surface area contributed by atoms with E-state index in [1.807, 2.05) is 28.1 Å². The number of methoxy groups -OCH3 is 1. The molecule has 0 bridgehead atoms. The molecule has 0 spiro atoms. The summed E-state index contributed by atoms with van der Waals surface area (Å²) in [4.78, 5) is 25.1. The van der Waals surface area contributed by atoms with Crippen molar-refractivity contribution in [3.63, 3.8) is 0 Å². The molecule has 174 valence electrons. The molecule has 4 rings (SSSR count).